The molecule has 2 aromatic carbocycles. The van der Waals surface area contributed by atoms with Crippen LogP contribution in [0.25, 0.3) is 0 Å². The van der Waals surface area contributed by atoms with Gasteiger partial charge in [0.2, 0.25) is 5.91 Å². The highest BCUT2D eigenvalue weighted by Gasteiger charge is 2.11. The predicted octanol–water partition coefficient (Wildman–Crippen LogP) is 4.07. The van der Waals surface area contributed by atoms with E-state index in [1.807, 2.05) is 18.2 Å². The van der Waals surface area contributed by atoms with E-state index in [-0.39, 0.29) is 5.91 Å². The largest absolute Gasteiger partial charge is 0.379 e. The number of nitrogens with zero attached hydrogens (tertiary/aromatic N) is 1. The van der Waals surface area contributed by atoms with Crippen molar-refractivity contribution in [3.8, 4) is 0 Å². The van der Waals surface area contributed by atoms with Crippen LogP contribution in [-0.2, 0) is 29.0 Å². The molecule has 1 aliphatic heterocycles. The van der Waals surface area contributed by atoms with E-state index in [0.717, 1.165) is 44.0 Å². The number of hydrogen-bond donors (Lipinski definition) is 1. The van der Waals surface area contributed by atoms with E-state index >= 15 is 0 Å². The van der Waals surface area contributed by atoms with Crippen molar-refractivity contribution < 1.29 is 9.53 Å². The molecule has 0 aromatic heterocycles. The van der Waals surface area contributed by atoms with Gasteiger partial charge >= 0.3 is 0 Å². The van der Waals surface area contributed by atoms with E-state index in [0.29, 0.717) is 29.4 Å². The lowest BCUT2D eigenvalue weighted by Gasteiger charge is -2.26. The fraction of sp³-hybridized carbons (Fsp3) is 0.381. The van der Waals surface area contributed by atoms with E-state index < -0.39 is 0 Å². The summed E-state index contributed by atoms with van der Waals surface area (Å²) in [5.41, 5.74) is 3.30. The first kappa shape index (κ1) is 20.2. The molecule has 1 heterocycles. The average molecular weight is 407 g/mol. The van der Waals surface area contributed by atoms with Gasteiger partial charge in [-0.2, -0.15) is 0 Å². The maximum atomic E-state index is 12.2. The second-order valence-corrected chi connectivity index (χ2v) is 7.56. The first-order valence-electron chi connectivity index (χ1n) is 9.19. The van der Waals surface area contributed by atoms with Crippen molar-refractivity contribution in [2.24, 2.45) is 0 Å². The Morgan fingerprint density at radius 1 is 1.07 bits per heavy atom. The molecule has 1 fully saturated rings. The molecule has 27 heavy (non-hydrogen) atoms. The topological polar surface area (TPSA) is 41.6 Å². The van der Waals surface area contributed by atoms with E-state index in [1.54, 1.807) is 12.1 Å². The van der Waals surface area contributed by atoms with Crippen molar-refractivity contribution in [2.75, 3.05) is 26.3 Å². The molecule has 3 rings (SSSR count). The zero-order valence-electron chi connectivity index (χ0n) is 15.2. The number of carbonyl (C=O) groups excluding carboxylic acids is 1. The molecule has 0 unspecified atom stereocenters. The van der Waals surface area contributed by atoms with Crippen LogP contribution in [0.5, 0.6) is 0 Å². The maximum Gasteiger partial charge on any atom is 0.220 e. The van der Waals surface area contributed by atoms with E-state index in [1.165, 1.54) is 5.56 Å². The van der Waals surface area contributed by atoms with Crippen molar-refractivity contribution in [3.05, 3.63) is 69.2 Å². The molecular formula is C21H24Cl2N2O2. The molecule has 0 spiro atoms. The maximum absolute atomic E-state index is 12.2. The second kappa shape index (κ2) is 10.1. The lowest BCUT2D eigenvalue weighted by atomic mass is 10.1. The Hall–Kier alpha value is -1.59. The molecule has 0 saturated carbocycles. The number of hydrogen-bond acceptors (Lipinski definition) is 3. The van der Waals surface area contributed by atoms with E-state index in [4.69, 9.17) is 27.9 Å². The zero-order chi connectivity index (χ0) is 19.1. The molecule has 0 bridgehead atoms. The summed E-state index contributed by atoms with van der Waals surface area (Å²) in [5.74, 6) is 0.0135. The molecule has 0 aliphatic carbocycles. The number of aryl methyl sites for hydroxylation is 1. The molecule has 1 saturated heterocycles. The number of amides is 1. The van der Waals surface area contributed by atoms with Crippen LogP contribution in [0, 0.1) is 0 Å². The Kier molecular flexibility index (Phi) is 7.53. The molecule has 1 N–H and O–H groups in total. The minimum atomic E-state index is 0.0135. The molecule has 0 radical (unpaired) electrons. The molecule has 144 valence electrons. The lowest BCUT2D eigenvalue weighted by Crippen LogP contribution is -2.35. The zero-order valence-corrected chi connectivity index (χ0v) is 16.7. The third kappa shape index (κ3) is 6.51. The molecule has 1 amide bonds. The molecule has 1 aliphatic rings. The SMILES string of the molecule is O=C(CCc1ccc(Cl)cc1Cl)NCc1cccc(CN2CCOCC2)c1. The van der Waals surface area contributed by atoms with Crippen molar-refractivity contribution in [3.63, 3.8) is 0 Å². The van der Waals surface area contributed by atoms with Crippen LogP contribution in [0.3, 0.4) is 0 Å². The Balaban J connectivity index is 1.46. The Morgan fingerprint density at radius 3 is 2.63 bits per heavy atom. The molecule has 0 atom stereocenters. The Bertz CT molecular complexity index is 777. The number of halogens is 2. The number of carbonyl (C=O) groups is 1. The van der Waals surface area contributed by atoms with Gasteiger partial charge in [0.05, 0.1) is 13.2 Å². The fourth-order valence-corrected chi connectivity index (χ4v) is 3.62. The number of morpholine rings is 1. The summed E-state index contributed by atoms with van der Waals surface area (Å²) in [6.45, 7) is 4.98. The standard InChI is InChI=1S/C21H24Cl2N2O2/c22-19-6-4-18(20(23)13-19)5-7-21(26)24-14-16-2-1-3-17(12-16)15-25-8-10-27-11-9-25/h1-4,6,12-13H,5,7-11,14-15H2,(H,24,26). The lowest BCUT2D eigenvalue weighted by molar-refractivity contribution is -0.121. The summed E-state index contributed by atoms with van der Waals surface area (Å²) in [6, 6.07) is 13.7. The average Bonchev–Trinajstić information content (AvgIpc) is 2.67. The Morgan fingerprint density at radius 2 is 1.85 bits per heavy atom. The van der Waals surface area contributed by atoms with Crippen LogP contribution in [0.15, 0.2) is 42.5 Å². The Labute approximate surface area is 170 Å². The quantitative estimate of drug-likeness (QED) is 0.752. The third-order valence-corrected chi connectivity index (χ3v) is 5.21. The minimum Gasteiger partial charge on any atom is -0.379 e. The monoisotopic (exact) mass is 406 g/mol. The molecular weight excluding hydrogens is 383 g/mol. The van der Waals surface area contributed by atoms with Crippen LogP contribution in [0.2, 0.25) is 10.0 Å². The van der Waals surface area contributed by atoms with Crippen molar-refractivity contribution in [1.29, 1.82) is 0 Å². The van der Waals surface area contributed by atoms with Gasteiger partial charge in [0.1, 0.15) is 0 Å². The molecule has 2 aromatic rings. The summed E-state index contributed by atoms with van der Waals surface area (Å²) in [5, 5.41) is 4.19. The van der Waals surface area contributed by atoms with Gasteiger partial charge in [-0.05, 0) is 35.2 Å². The van der Waals surface area contributed by atoms with Crippen LogP contribution in [-0.4, -0.2) is 37.1 Å². The second-order valence-electron chi connectivity index (χ2n) is 6.72. The van der Waals surface area contributed by atoms with Crippen molar-refractivity contribution in [1.82, 2.24) is 10.2 Å². The number of nitrogens with one attached hydrogen (secondary N) is 1. The van der Waals surface area contributed by atoms with Crippen molar-refractivity contribution >= 4 is 29.1 Å². The smallest absolute Gasteiger partial charge is 0.220 e. The highest BCUT2D eigenvalue weighted by Crippen LogP contribution is 2.22. The third-order valence-electron chi connectivity index (χ3n) is 4.63. The van der Waals surface area contributed by atoms with Gasteiger partial charge in [-0.1, -0.05) is 53.5 Å². The van der Waals surface area contributed by atoms with Crippen LogP contribution in [0.1, 0.15) is 23.1 Å². The number of ether oxygens (including phenoxy) is 1. The van der Waals surface area contributed by atoms with E-state index in [2.05, 4.69) is 22.3 Å². The van der Waals surface area contributed by atoms with Gasteiger partial charge in [0.25, 0.3) is 0 Å². The molecule has 6 heteroatoms. The first-order chi connectivity index (χ1) is 13.1. The predicted molar refractivity (Wildman–Crippen MR) is 109 cm³/mol. The van der Waals surface area contributed by atoms with Gasteiger partial charge in [0.15, 0.2) is 0 Å². The summed E-state index contributed by atoms with van der Waals surface area (Å²) >= 11 is 12.1. The van der Waals surface area contributed by atoms with Crippen molar-refractivity contribution in [2.45, 2.75) is 25.9 Å². The summed E-state index contributed by atoms with van der Waals surface area (Å²) in [6.07, 6.45) is 0.994. The van der Waals surface area contributed by atoms with Gasteiger partial charge in [-0.25, -0.2) is 0 Å². The highest BCUT2D eigenvalue weighted by molar-refractivity contribution is 6.35. The number of rotatable bonds is 7. The first-order valence-corrected chi connectivity index (χ1v) is 9.94. The number of benzene rings is 2. The van der Waals surface area contributed by atoms with Gasteiger partial charge < -0.3 is 10.1 Å². The van der Waals surface area contributed by atoms with E-state index in [9.17, 15) is 4.79 Å². The summed E-state index contributed by atoms with van der Waals surface area (Å²) in [7, 11) is 0. The summed E-state index contributed by atoms with van der Waals surface area (Å²) in [4.78, 5) is 14.6. The minimum absolute atomic E-state index is 0.0135. The van der Waals surface area contributed by atoms with Crippen LogP contribution < -0.4 is 5.32 Å². The normalized spacial score (nSPS) is 14.9. The highest BCUT2D eigenvalue weighted by atomic mass is 35.5. The fourth-order valence-electron chi connectivity index (χ4n) is 3.12. The van der Waals surface area contributed by atoms with Gasteiger partial charge in [-0.15, -0.1) is 0 Å². The summed E-state index contributed by atoms with van der Waals surface area (Å²) < 4.78 is 5.39. The van der Waals surface area contributed by atoms with Gasteiger partial charge in [-0.3, -0.25) is 9.69 Å². The van der Waals surface area contributed by atoms with Crippen LogP contribution in [0.4, 0.5) is 0 Å². The van der Waals surface area contributed by atoms with Gasteiger partial charge in [0, 0.05) is 42.6 Å². The molecule has 4 nitrogen and oxygen atoms in total. The van der Waals surface area contributed by atoms with Crippen LogP contribution >= 0.6 is 23.2 Å².